The van der Waals surface area contributed by atoms with Crippen molar-refractivity contribution in [3.05, 3.63) is 23.4 Å². The van der Waals surface area contributed by atoms with Crippen LogP contribution in [0.3, 0.4) is 0 Å². The summed E-state index contributed by atoms with van der Waals surface area (Å²) in [6.07, 6.45) is 0. The number of hydrogen-bond donors (Lipinski definition) is 1. The van der Waals surface area contributed by atoms with E-state index in [4.69, 9.17) is 10.7 Å². The zero-order chi connectivity index (χ0) is 14.9. The van der Waals surface area contributed by atoms with E-state index in [0.29, 0.717) is 24.4 Å². The minimum absolute atomic E-state index is 0.435. The van der Waals surface area contributed by atoms with Crippen LogP contribution < -0.4 is 10.6 Å². The third kappa shape index (κ3) is 3.13. The van der Waals surface area contributed by atoms with Crippen molar-refractivity contribution in [1.82, 2.24) is 9.88 Å². The second-order valence-electron chi connectivity index (χ2n) is 6.53. The highest BCUT2D eigenvalue weighted by atomic mass is 15.3. The molecule has 0 amide bonds. The number of hydrogen-bond acceptors (Lipinski definition) is 4. The fourth-order valence-corrected chi connectivity index (χ4v) is 2.98. The average molecular weight is 276 g/mol. The summed E-state index contributed by atoms with van der Waals surface area (Å²) in [6.45, 7) is 9.38. The van der Waals surface area contributed by atoms with Crippen molar-refractivity contribution in [3.8, 4) is 0 Å². The third-order valence-electron chi connectivity index (χ3n) is 4.28. The van der Waals surface area contributed by atoms with Crippen molar-refractivity contribution in [2.75, 3.05) is 32.1 Å². The molecule has 4 nitrogen and oxygen atoms in total. The minimum Gasteiger partial charge on any atom is -0.355 e. The molecule has 2 atom stereocenters. The van der Waals surface area contributed by atoms with Gasteiger partial charge in [0.15, 0.2) is 0 Å². The highest BCUT2D eigenvalue weighted by Gasteiger charge is 2.31. The standard InChI is InChI=1S/C16H28N4/c1-11(2)14-6-13(8-17)7-16(18-14)20-9-12(3)15(10-20)19(4)5/h6-7,11-12,15H,8-10,17H2,1-5H3. The van der Waals surface area contributed by atoms with E-state index >= 15 is 0 Å². The maximum atomic E-state index is 5.83. The van der Waals surface area contributed by atoms with Crippen molar-refractivity contribution in [2.45, 2.75) is 39.3 Å². The molecule has 0 saturated carbocycles. The molecule has 1 fully saturated rings. The van der Waals surface area contributed by atoms with Crippen LogP contribution in [0, 0.1) is 5.92 Å². The van der Waals surface area contributed by atoms with Gasteiger partial charge in [-0.1, -0.05) is 20.8 Å². The summed E-state index contributed by atoms with van der Waals surface area (Å²) in [5, 5.41) is 0. The predicted molar refractivity (Wildman–Crippen MR) is 85.1 cm³/mol. The molecule has 1 aliphatic heterocycles. The first-order valence-electron chi connectivity index (χ1n) is 7.54. The number of rotatable bonds is 4. The molecule has 20 heavy (non-hydrogen) atoms. The van der Waals surface area contributed by atoms with Gasteiger partial charge in [-0.2, -0.15) is 0 Å². The molecule has 0 aromatic carbocycles. The first kappa shape index (κ1) is 15.3. The molecule has 2 unspecified atom stereocenters. The van der Waals surface area contributed by atoms with Crippen molar-refractivity contribution in [2.24, 2.45) is 11.7 Å². The van der Waals surface area contributed by atoms with E-state index in [1.54, 1.807) is 0 Å². The van der Waals surface area contributed by atoms with Crippen LogP contribution in [-0.4, -0.2) is 43.1 Å². The third-order valence-corrected chi connectivity index (χ3v) is 4.28. The highest BCUT2D eigenvalue weighted by Crippen LogP contribution is 2.27. The Hall–Kier alpha value is -1.13. The highest BCUT2D eigenvalue weighted by molar-refractivity contribution is 5.45. The van der Waals surface area contributed by atoms with Gasteiger partial charge < -0.3 is 15.5 Å². The Morgan fingerprint density at radius 3 is 2.55 bits per heavy atom. The molecule has 1 aliphatic rings. The van der Waals surface area contributed by atoms with Gasteiger partial charge in [0.1, 0.15) is 5.82 Å². The van der Waals surface area contributed by atoms with Crippen LogP contribution in [0.5, 0.6) is 0 Å². The van der Waals surface area contributed by atoms with Gasteiger partial charge in [-0.3, -0.25) is 0 Å². The number of nitrogens with zero attached hydrogens (tertiary/aromatic N) is 3. The number of nitrogens with two attached hydrogens (primary N) is 1. The van der Waals surface area contributed by atoms with E-state index in [2.05, 4.69) is 56.8 Å². The Balaban J connectivity index is 2.27. The lowest BCUT2D eigenvalue weighted by atomic mass is 10.1. The van der Waals surface area contributed by atoms with E-state index in [0.717, 1.165) is 24.6 Å². The van der Waals surface area contributed by atoms with Crippen LogP contribution in [0.2, 0.25) is 0 Å². The second-order valence-corrected chi connectivity index (χ2v) is 6.53. The molecule has 0 radical (unpaired) electrons. The molecular formula is C16H28N4. The summed E-state index contributed by atoms with van der Waals surface area (Å²) in [5.41, 5.74) is 8.16. The lowest BCUT2D eigenvalue weighted by Crippen LogP contribution is -2.34. The van der Waals surface area contributed by atoms with Crippen molar-refractivity contribution in [1.29, 1.82) is 0 Å². The second kappa shape index (κ2) is 6.10. The summed E-state index contributed by atoms with van der Waals surface area (Å²) >= 11 is 0. The summed E-state index contributed by atoms with van der Waals surface area (Å²) in [7, 11) is 4.32. The van der Waals surface area contributed by atoms with Crippen LogP contribution in [0.1, 0.15) is 37.9 Å². The predicted octanol–water partition coefficient (Wildman–Crippen LogP) is 2.05. The van der Waals surface area contributed by atoms with Crippen LogP contribution >= 0.6 is 0 Å². The molecule has 1 aromatic rings. The Bertz CT molecular complexity index is 456. The number of anilines is 1. The molecule has 1 aromatic heterocycles. The van der Waals surface area contributed by atoms with Crippen LogP contribution in [0.15, 0.2) is 12.1 Å². The number of pyridine rings is 1. The zero-order valence-electron chi connectivity index (χ0n) is 13.4. The van der Waals surface area contributed by atoms with Crippen LogP contribution in [0.4, 0.5) is 5.82 Å². The van der Waals surface area contributed by atoms with Gasteiger partial charge in [-0.05, 0) is 43.6 Å². The maximum absolute atomic E-state index is 5.83. The lowest BCUT2D eigenvalue weighted by Gasteiger charge is -2.23. The molecule has 2 N–H and O–H groups in total. The largest absolute Gasteiger partial charge is 0.355 e. The molecule has 2 heterocycles. The zero-order valence-corrected chi connectivity index (χ0v) is 13.4. The Labute approximate surface area is 123 Å². The van der Waals surface area contributed by atoms with Gasteiger partial charge in [0.2, 0.25) is 0 Å². The fourth-order valence-electron chi connectivity index (χ4n) is 2.98. The van der Waals surface area contributed by atoms with E-state index in [9.17, 15) is 0 Å². The van der Waals surface area contributed by atoms with Gasteiger partial charge in [0.05, 0.1) is 0 Å². The summed E-state index contributed by atoms with van der Waals surface area (Å²) in [6, 6.07) is 4.88. The van der Waals surface area contributed by atoms with E-state index < -0.39 is 0 Å². The number of aromatic nitrogens is 1. The molecule has 2 rings (SSSR count). The molecule has 0 bridgehead atoms. The molecule has 112 valence electrons. The lowest BCUT2D eigenvalue weighted by molar-refractivity contribution is 0.266. The van der Waals surface area contributed by atoms with E-state index in [1.807, 2.05) is 0 Å². The first-order valence-corrected chi connectivity index (χ1v) is 7.54. The van der Waals surface area contributed by atoms with Gasteiger partial charge in [0.25, 0.3) is 0 Å². The summed E-state index contributed by atoms with van der Waals surface area (Å²) < 4.78 is 0. The van der Waals surface area contributed by atoms with Crippen LogP contribution in [0.25, 0.3) is 0 Å². The van der Waals surface area contributed by atoms with Crippen LogP contribution in [-0.2, 0) is 6.54 Å². The summed E-state index contributed by atoms with van der Waals surface area (Å²) in [4.78, 5) is 9.57. The summed E-state index contributed by atoms with van der Waals surface area (Å²) in [5.74, 6) is 2.19. The molecule has 1 saturated heterocycles. The SMILES string of the molecule is CC(C)c1cc(CN)cc(N2CC(C)C(N(C)C)C2)n1. The quantitative estimate of drug-likeness (QED) is 0.914. The fraction of sp³-hybridized carbons (Fsp3) is 0.688. The van der Waals surface area contributed by atoms with Gasteiger partial charge in [-0.25, -0.2) is 4.98 Å². The van der Waals surface area contributed by atoms with Gasteiger partial charge >= 0.3 is 0 Å². The average Bonchev–Trinajstić information content (AvgIpc) is 2.80. The van der Waals surface area contributed by atoms with Crippen molar-refractivity contribution < 1.29 is 0 Å². The van der Waals surface area contributed by atoms with Gasteiger partial charge in [0, 0.05) is 31.4 Å². The van der Waals surface area contributed by atoms with E-state index in [-0.39, 0.29) is 0 Å². The van der Waals surface area contributed by atoms with E-state index in [1.165, 1.54) is 5.56 Å². The topological polar surface area (TPSA) is 45.4 Å². The Kier molecular flexibility index (Phi) is 4.66. The molecule has 0 aliphatic carbocycles. The monoisotopic (exact) mass is 276 g/mol. The molecular weight excluding hydrogens is 248 g/mol. The molecule has 4 heteroatoms. The maximum Gasteiger partial charge on any atom is 0.129 e. The minimum atomic E-state index is 0.435. The molecule has 0 spiro atoms. The number of likely N-dealkylation sites (N-methyl/N-ethyl adjacent to an activating group) is 1. The first-order chi connectivity index (χ1) is 9.42. The normalized spacial score (nSPS) is 23.1. The Morgan fingerprint density at radius 2 is 2.05 bits per heavy atom. The van der Waals surface area contributed by atoms with Crippen molar-refractivity contribution >= 4 is 5.82 Å². The van der Waals surface area contributed by atoms with Crippen molar-refractivity contribution in [3.63, 3.8) is 0 Å². The smallest absolute Gasteiger partial charge is 0.129 e. The van der Waals surface area contributed by atoms with Gasteiger partial charge in [-0.15, -0.1) is 0 Å². The Morgan fingerprint density at radius 1 is 1.35 bits per heavy atom.